The van der Waals surface area contributed by atoms with Gasteiger partial charge in [0.05, 0.1) is 0 Å². The van der Waals surface area contributed by atoms with Crippen molar-refractivity contribution < 1.29 is 18.9 Å². The fourth-order valence-corrected chi connectivity index (χ4v) is 3.69. The first-order valence-electron chi connectivity index (χ1n) is 8.11. The minimum absolute atomic E-state index is 0.140. The summed E-state index contributed by atoms with van der Waals surface area (Å²) in [7, 11) is -2.12. The summed E-state index contributed by atoms with van der Waals surface area (Å²) in [6.45, 7) is 7.85. The number of ether oxygens (including phenoxy) is 1. The van der Waals surface area contributed by atoms with Gasteiger partial charge in [0.2, 0.25) is 0 Å². The van der Waals surface area contributed by atoms with Crippen molar-refractivity contribution in [2.75, 3.05) is 0 Å². The maximum Gasteiger partial charge on any atom is 0.604 e. The molecule has 1 unspecified atom stereocenters. The zero-order valence-electron chi connectivity index (χ0n) is 14.6. The van der Waals surface area contributed by atoms with Crippen LogP contribution in [0.15, 0.2) is 42.5 Å². The summed E-state index contributed by atoms with van der Waals surface area (Å²) in [5.74, 6) is 1.35. The Morgan fingerprint density at radius 2 is 1.54 bits per heavy atom. The van der Waals surface area contributed by atoms with E-state index in [1.165, 1.54) is 12.1 Å². The Labute approximate surface area is 144 Å². The van der Waals surface area contributed by atoms with Crippen molar-refractivity contribution >= 4 is 8.03 Å². The lowest BCUT2D eigenvalue weighted by molar-refractivity contribution is 0.133. The molecule has 4 nitrogen and oxygen atoms in total. The van der Waals surface area contributed by atoms with Crippen molar-refractivity contribution in [1.82, 2.24) is 0 Å². The first kappa shape index (κ1) is 18.3. The predicted octanol–water partition coefficient (Wildman–Crippen LogP) is 5.73. The molecule has 2 aromatic carbocycles. The minimum atomic E-state index is -2.12. The van der Waals surface area contributed by atoms with E-state index in [4.69, 9.17) is 9.26 Å². The third-order valence-electron chi connectivity index (χ3n) is 4.16. The van der Waals surface area contributed by atoms with Gasteiger partial charge in [-0.2, -0.15) is 0 Å². The Morgan fingerprint density at radius 1 is 1.00 bits per heavy atom. The fraction of sp³-hybridized carbons (Fsp3) is 0.368. The van der Waals surface area contributed by atoms with E-state index in [1.54, 1.807) is 12.1 Å². The molecule has 0 saturated heterocycles. The van der Waals surface area contributed by atoms with E-state index in [9.17, 15) is 9.67 Å². The molecule has 0 aliphatic carbocycles. The van der Waals surface area contributed by atoms with E-state index in [0.717, 1.165) is 16.9 Å². The molecule has 0 fully saturated rings. The van der Waals surface area contributed by atoms with Crippen LogP contribution in [0.5, 0.6) is 17.2 Å². The molecular weight excluding hydrogens is 323 g/mol. The highest BCUT2D eigenvalue weighted by molar-refractivity contribution is 7.41. The van der Waals surface area contributed by atoms with E-state index < -0.39 is 13.4 Å². The normalized spacial score (nSPS) is 11.9. The molecule has 0 heterocycles. The molecule has 0 bridgehead atoms. The van der Waals surface area contributed by atoms with Gasteiger partial charge in [-0.15, -0.1) is 0 Å². The van der Waals surface area contributed by atoms with Crippen molar-refractivity contribution in [3.05, 3.63) is 53.6 Å². The van der Waals surface area contributed by atoms with Crippen LogP contribution in [0.1, 0.15) is 37.8 Å². The average Bonchev–Trinajstić information content (AvgIpc) is 2.57. The van der Waals surface area contributed by atoms with E-state index >= 15 is 0 Å². The van der Waals surface area contributed by atoms with Gasteiger partial charge in [0.1, 0.15) is 11.5 Å². The standard InChI is InChI=1S/C19H23O4P/c1-5-19(6-2,22-18-14(3)8-7-9-15(18)4)24(21)23-17-12-10-16(20)11-13-17/h7-13H,5-6H2,1-4H3/p+1. The zero-order valence-corrected chi connectivity index (χ0v) is 15.5. The Kier molecular flexibility index (Phi) is 5.84. The summed E-state index contributed by atoms with van der Waals surface area (Å²) in [6, 6.07) is 12.1. The zero-order chi connectivity index (χ0) is 17.7. The number of hydrogen-bond acceptors (Lipinski definition) is 4. The summed E-state index contributed by atoms with van der Waals surface area (Å²) in [4.78, 5) is 0. The second-order valence-electron chi connectivity index (χ2n) is 5.82. The van der Waals surface area contributed by atoms with Crippen LogP contribution in [0.4, 0.5) is 0 Å². The Morgan fingerprint density at radius 3 is 2.04 bits per heavy atom. The summed E-state index contributed by atoms with van der Waals surface area (Å²) in [5, 5.41) is 8.45. The molecule has 5 heteroatoms. The lowest BCUT2D eigenvalue weighted by Crippen LogP contribution is -2.32. The molecule has 0 aliphatic rings. The largest absolute Gasteiger partial charge is 0.604 e. The molecule has 2 rings (SSSR count). The number of phenols is 1. The van der Waals surface area contributed by atoms with Crippen LogP contribution >= 0.6 is 8.03 Å². The number of aryl methyl sites for hydroxylation is 2. The van der Waals surface area contributed by atoms with Crippen molar-refractivity contribution in [2.24, 2.45) is 0 Å². The monoisotopic (exact) mass is 347 g/mol. The smallest absolute Gasteiger partial charge is 0.508 e. The number of hydrogen-bond donors (Lipinski definition) is 1. The first-order valence-corrected chi connectivity index (χ1v) is 9.29. The van der Waals surface area contributed by atoms with Crippen LogP contribution in [0.2, 0.25) is 0 Å². The van der Waals surface area contributed by atoms with Crippen LogP contribution in [-0.2, 0) is 4.57 Å². The van der Waals surface area contributed by atoms with E-state index in [2.05, 4.69) is 0 Å². The van der Waals surface area contributed by atoms with Crippen LogP contribution in [-0.4, -0.2) is 10.4 Å². The maximum absolute atomic E-state index is 12.9. The quantitative estimate of drug-likeness (QED) is 0.650. The topological polar surface area (TPSA) is 55.8 Å². The van der Waals surface area contributed by atoms with Gasteiger partial charge in [-0.1, -0.05) is 32.0 Å². The van der Waals surface area contributed by atoms with Crippen LogP contribution in [0, 0.1) is 13.8 Å². The fourth-order valence-electron chi connectivity index (χ4n) is 2.53. The molecule has 0 spiro atoms. The van der Waals surface area contributed by atoms with Gasteiger partial charge in [0.15, 0.2) is 5.75 Å². The number of benzene rings is 2. The van der Waals surface area contributed by atoms with Crippen molar-refractivity contribution in [2.45, 2.75) is 45.9 Å². The number of para-hydroxylation sites is 1. The lowest BCUT2D eigenvalue weighted by Gasteiger charge is -2.23. The van der Waals surface area contributed by atoms with Crippen molar-refractivity contribution in [1.29, 1.82) is 0 Å². The van der Waals surface area contributed by atoms with Gasteiger partial charge >= 0.3 is 13.4 Å². The van der Waals surface area contributed by atoms with Gasteiger partial charge in [-0.3, -0.25) is 4.52 Å². The molecule has 0 aromatic heterocycles. The van der Waals surface area contributed by atoms with Crippen LogP contribution in [0.3, 0.4) is 0 Å². The molecule has 0 saturated carbocycles. The molecule has 1 N–H and O–H groups in total. The average molecular weight is 347 g/mol. The second-order valence-corrected chi connectivity index (χ2v) is 7.33. The Balaban J connectivity index is 2.29. The summed E-state index contributed by atoms with van der Waals surface area (Å²) < 4.78 is 24.9. The Hall–Kier alpha value is -2.06. The summed E-state index contributed by atoms with van der Waals surface area (Å²) in [5.41, 5.74) is 2.02. The van der Waals surface area contributed by atoms with E-state index in [-0.39, 0.29) is 5.75 Å². The SMILES string of the molecule is CCC(CC)(Oc1c(C)cccc1C)[P+](=O)Oc1ccc(O)cc1. The first-order chi connectivity index (χ1) is 11.4. The molecule has 24 heavy (non-hydrogen) atoms. The third kappa shape index (κ3) is 3.88. The highest BCUT2D eigenvalue weighted by atomic mass is 31.1. The molecule has 0 aliphatic heterocycles. The molecule has 2 aromatic rings. The predicted molar refractivity (Wildman–Crippen MR) is 96.2 cm³/mol. The molecular formula is C19H24O4P+. The van der Waals surface area contributed by atoms with Crippen molar-refractivity contribution in [3.8, 4) is 17.2 Å². The summed E-state index contributed by atoms with van der Waals surface area (Å²) in [6.07, 6.45) is 1.12. The third-order valence-corrected chi connectivity index (χ3v) is 5.93. The molecule has 0 radical (unpaired) electrons. The molecule has 0 amide bonds. The highest BCUT2D eigenvalue weighted by Gasteiger charge is 2.52. The number of rotatable bonds is 7. The van der Waals surface area contributed by atoms with E-state index in [1.807, 2.05) is 45.9 Å². The lowest BCUT2D eigenvalue weighted by atomic mass is 10.1. The van der Waals surface area contributed by atoms with Gasteiger partial charge in [-0.25, -0.2) is 0 Å². The maximum atomic E-state index is 12.9. The van der Waals surface area contributed by atoms with Crippen LogP contribution < -0.4 is 9.26 Å². The van der Waals surface area contributed by atoms with Gasteiger partial charge in [0.25, 0.3) is 0 Å². The van der Waals surface area contributed by atoms with Gasteiger partial charge in [-0.05, 0) is 53.8 Å². The number of aromatic hydroxyl groups is 1. The molecule has 1 atom stereocenters. The number of phenolic OH excluding ortho intramolecular Hbond substituents is 1. The van der Waals surface area contributed by atoms with Gasteiger partial charge in [0, 0.05) is 12.8 Å². The van der Waals surface area contributed by atoms with Gasteiger partial charge < -0.3 is 9.84 Å². The van der Waals surface area contributed by atoms with Crippen molar-refractivity contribution in [3.63, 3.8) is 0 Å². The summed E-state index contributed by atoms with van der Waals surface area (Å²) >= 11 is 0. The van der Waals surface area contributed by atoms with Crippen LogP contribution in [0.25, 0.3) is 0 Å². The minimum Gasteiger partial charge on any atom is -0.508 e. The Bertz CT molecular complexity index is 686. The highest BCUT2D eigenvalue weighted by Crippen LogP contribution is 2.47. The van der Waals surface area contributed by atoms with E-state index in [0.29, 0.717) is 18.6 Å². The second kappa shape index (κ2) is 7.67. The molecule has 128 valence electrons.